The highest BCUT2D eigenvalue weighted by Crippen LogP contribution is 2.30. The van der Waals surface area contributed by atoms with Gasteiger partial charge in [-0.2, -0.15) is 0 Å². The molecule has 1 aliphatic rings. The van der Waals surface area contributed by atoms with Crippen LogP contribution in [-0.4, -0.2) is 39.3 Å². The normalized spacial score (nSPS) is 13.2. The Morgan fingerprint density at radius 1 is 1.19 bits per heavy atom. The Balaban J connectivity index is 1.72. The lowest BCUT2D eigenvalue weighted by atomic mass is 10.0. The third-order valence-corrected chi connectivity index (χ3v) is 4.55. The molecule has 2 aromatic carbocycles. The van der Waals surface area contributed by atoms with Gasteiger partial charge in [-0.3, -0.25) is 4.79 Å². The fourth-order valence-electron chi connectivity index (χ4n) is 3.23. The van der Waals surface area contributed by atoms with Gasteiger partial charge in [-0.25, -0.2) is 0 Å². The Hall–Kier alpha value is -2.53. The van der Waals surface area contributed by atoms with Gasteiger partial charge in [0.1, 0.15) is 5.75 Å². The van der Waals surface area contributed by atoms with Gasteiger partial charge in [0.25, 0.3) is 5.91 Å². The smallest absolute Gasteiger partial charge is 0.255 e. The molecule has 0 fully saturated rings. The summed E-state index contributed by atoms with van der Waals surface area (Å²) in [5, 5.41) is 3.00. The quantitative estimate of drug-likeness (QED) is 0.823. The van der Waals surface area contributed by atoms with Gasteiger partial charge in [-0.15, -0.1) is 0 Å². The van der Waals surface area contributed by atoms with E-state index in [0.717, 1.165) is 37.4 Å². The first-order valence-electron chi connectivity index (χ1n) is 9.12. The molecule has 2 aromatic rings. The molecule has 138 valence electrons. The summed E-state index contributed by atoms with van der Waals surface area (Å²) in [6.45, 7) is 5.13. The number of aryl methyl sites for hydroxylation is 1. The number of methoxy groups -OCH3 is 1. The van der Waals surface area contributed by atoms with E-state index in [1.54, 1.807) is 19.2 Å². The number of anilines is 2. The number of amides is 1. The molecule has 0 saturated carbocycles. The molecule has 5 heteroatoms. The van der Waals surface area contributed by atoms with E-state index in [9.17, 15) is 4.79 Å². The highest BCUT2D eigenvalue weighted by molar-refractivity contribution is 6.04. The van der Waals surface area contributed by atoms with E-state index in [2.05, 4.69) is 22.3 Å². The number of ether oxygens (including phenoxy) is 2. The van der Waals surface area contributed by atoms with Crippen molar-refractivity contribution in [2.24, 2.45) is 0 Å². The van der Waals surface area contributed by atoms with Crippen LogP contribution in [0.1, 0.15) is 29.3 Å². The Morgan fingerprint density at radius 2 is 2.00 bits per heavy atom. The molecule has 0 unspecified atom stereocenters. The topological polar surface area (TPSA) is 50.8 Å². The van der Waals surface area contributed by atoms with E-state index in [0.29, 0.717) is 18.8 Å². The number of nitrogens with zero attached hydrogens (tertiary/aromatic N) is 1. The highest BCUT2D eigenvalue weighted by Gasteiger charge is 2.17. The summed E-state index contributed by atoms with van der Waals surface area (Å²) in [7, 11) is 1.72. The maximum absolute atomic E-state index is 12.5. The molecule has 5 nitrogen and oxygen atoms in total. The molecule has 0 atom stereocenters. The molecule has 1 amide bonds. The van der Waals surface area contributed by atoms with Crippen LogP contribution in [0.4, 0.5) is 11.4 Å². The van der Waals surface area contributed by atoms with Crippen LogP contribution in [0, 0.1) is 0 Å². The molecule has 0 aliphatic carbocycles. The average Bonchev–Trinajstić information content (AvgIpc) is 2.67. The predicted octanol–water partition coefficient (Wildman–Crippen LogP) is 3.74. The van der Waals surface area contributed by atoms with Crippen molar-refractivity contribution in [1.29, 1.82) is 0 Å². The third kappa shape index (κ3) is 4.35. The molecule has 0 aromatic heterocycles. The van der Waals surface area contributed by atoms with Crippen LogP contribution in [0.15, 0.2) is 42.5 Å². The number of carbonyl (C=O) groups excluding carboxylic acids is 1. The molecule has 0 spiro atoms. The van der Waals surface area contributed by atoms with Crippen molar-refractivity contribution in [2.75, 3.05) is 43.6 Å². The van der Waals surface area contributed by atoms with Crippen molar-refractivity contribution in [3.05, 3.63) is 53.6 Å². The first kappa shape index (κ1) is 18.3. The molecular formula is C21H26N2O3. The summed E-state index contributed by atoms with van der Waals surface area (Å²) in [6, 6.07) is 13.4. The molecule has 0 bridgehead atoms. The van der Waals surface area contributed by atoms with Crippen LogP contribution in [0.25, 0.3) is 0 Å². The van der Waals surface area contributed by atoms with Gasteiger partial charge in [-0.1, -0.05) is 6.07 Å². The lowest BCUT2D eigenvalue weighted by Crippen LogP contribution is -2.32. The first-order valence-corrected chi connectivity index (χ1v) is 9.12. The van der Waals surface area contributed by atoms with E-state index < -0.39 is 0 Å². The van der Waals surface area contributed by atoms with E-state index in [1.165, 1.54) is 11.3 Å². The monoisotopic (exact) mass is 354 g/mol. The lowest BCUT2D eigenvalue weighted by Gasteiger charge is -2.31. The number of rotatable bonds is 7. The Bertz CT molecular complexity index is 743. The largest absolute Gasteiger partial charge is 0.494 e. The van der Waals surface area contributed by atoms with E-state index in [-0.39, 0.29) is 5.91 Å². The minimum absolute atomic E-state index is 0.118. The zero-order chi connectivity index (χ0) is 18.4. The summed E-state index contributed by atoms with van der Waals surface area (Å²) in [5.41, 5.74) is 3.94. The van der Waals surface area contributed by atoms with Gasteiger partial charge in [-0.05, 0) is 61.7 Å². The van der Waals surface area contributed by atoms with Gasteiger partial charge in [0.05, 0.1) is 13.2 Å². The van der Waals surface area contributed by atoms with Gasteiger partial charge in [0.15, 0.2) is 0 Å². The molecule has 1 heterocycles. The highest BCUT2D eigenvalue weighted by atomic mass is 16.5. The van der Waals surface area contributed by atoms with Crippen molar-refractivity contribution < 1.29 is 14.3 Å². The second-order valence-electron chi connectivity index (χ2n) is 6.34. The van der Waals surface area contributed by atoms with Crippen LogP contribution in [0.2, 0.25) is 0 Å². The van der Waals surface area contributed by atoms with Crippen molar-refractivity contribution in [3.8, 4) is 5.75 Å². The summed E-state index contributed by atoms with van der Waals surface area (Å²) < 4.78 is 10.6. The number of hydrogen-bond donors (Lipinski definition) is 1. The van der Waals surface area contributed by atoms with Crippen LogP contribution < -0.4 is 15.0 Å². The lowest BCUT2D eigenvalue weighted by molar-refractivity contribution is 0.102. The second kappa shape index (κ2) is 8.72. The SMILES string of the molecule is CCOc1ccc(C(=O)Nc2ccc3c(c2)N(CCOC)CCC3)cc1. The molecule has 0 radical (unpaired) electrons. The van der Waals surface area contributed by atoms with E-state index >= 15 is 0 Å². The zero-order valence-electron chi connectivity index (χ0n) is 15.5. The maximum Gasteiger partial charge on any atom is 0.255 e. The second-order valence-corrected chi connectivity index (χ2v) is 6.34. The molecule has 1 N–H and O–H groups in total. The maximum atomic E-state index is 12.5. The van der Waals surface area contributed by atoms with Crippen molar-refractivity contribution >= 4 is 17.3 Å². The number of carbonyl (C=O) groups is 1. The third-order valence-electron chi connectivity index (χ3n) is 4.55. The summed E-state index contributed by atoms with van der Waals surface area (Å²) in [4.78, 5) is 14.8. The minimum Gasteiger partial charge on any atom is -0.494 e. The Morgan fingerprint density at radius 3 is 2.73 bits per heavy atom. The number of nitrogens with one attached hydrogen (secondary N) is 1. The summed E-state index contributed by atoms with van der Waals surface area (Å²) in [5.74, 6) is 0.652. The summed E-state index contributed by atoms with van der Waals surface area (Å²) >= 11 is 0. The minimum atomic E-state index is -0.118. The van der Waals surface area contributed by atoms with E-state index in [1.807, 2.05) is 25.1 Å². The number of hydrogen-bond acceptors (Lipinski definition) is 4. The number of benzene rings is 2. The van der Waals surface area contributed by atoms with Crippen LogP contribution in [-0.2, 0) is 11.2 Å². The number of fused-ring (bicyclic) bond motifs is 1. The van der Waals surface area contributed by atoms with Crippen molar-refractivity contribution in [3.63, 3.8) is 0 Å². The fourth-order valence-corrected chi connectivity index (χ4v) is 3.23. The standard InChI is InChI=1S/C21H26N2O3/c1-3-26-19-10-7-17(8-11-19)21(24)22-18-9-6-16-5-4-12-23(13-14-25-2)20(16)15-18/h6-11,15H,3-5,12-14H2,1-2H3,(H,22,24). The van der Waals surface area contributed by atoms with Crippen LogP contribution in [0.5, 0.6) is 5.75 Å². The molecule has 3 rings (SSSR count). The van der Waals surface area contributed by atoms with E-state index in [4.69, 9.17) is 9.47 Å². The van der Waals surface area contributed by atoms with Gasteiger partial charge < -0.3 is 19.7 Å². The molecular weight excluding hydrogens is 328 g/mol. The molecule has 0 saturated heterocycles. The zero-order valence-corrected chi connectivity index (χ0v) is 15.5. The predicted molar refractivity (Wildman–Crippen MR) is 104 cm³/mol. The molecule has 1 aliphatic heterocycles. The average molecular weight is 354 g/mol. The van der Waals surface area contributed by atoms with Gasteiger partial charge in [0, 0.05) is 37.1 Å². The Labute approximate surface area is 154 Å². The van der Waals surface area contributed by atoms with Crippen molar-refractivity contribution in [1.82, 2.24) is 0 Å². The van der Waals surface area contributed by atoms with Crippen molar-refractivity contribution in [2.45, 2.75) is 19.8 Å². The summed E-state index contributed by atoms with van der Waals surface area (Å²) in [6.07, 6.45) is 2.22. The first-order chi connectivity index (χ1) is 12.7. The Kier molecular flexibility index (Phi) is 6.12. The van der Waals surface area contributed by atoms with Gasteiger partial charge >= 0.3 is 0 Å². The molecule has 26 heavy (non-hydrogen) atoms. The van der Waals surface area contributed by atoms with Crippen LogP contribution >= 0.6 is 0 Å². The van der Waals surface area contributed by atoms with Crippen LogP contribution in [0.3, 0.4) is 0 Å². The van der Waals surface area contributed by atoms with Gasteiger partial charge in [0.2, 0.25) is 0 Å². The fraction of sp³-hybridized carbons (Fsp3) is 0.381.